The normalized spacial score (nSPS) is 11.2. The van der Waals surface area contributed by atoms with Crippen LogP contribution in [0, 0.1) is 36.2 Å². The first-order valence-electron chi connectivity index (χ1n) is 13.1. The Morgan fingerprint density at radius 2 is 1.75 bits per heavy atom. The van der Waals surface area contributed by atoms with Crippen molar-refractivity contribution in [2.75, 3.05) is 7.11 Å². The van der Waals surface area contributed by atoms with Gasteiger partial charge >= 0.3 is 5.97 Å². The number of nitriles is 1. The lowest BCUT2D eigenvalue weighted by atomic mass is 9.96. The van der Waals surface area contributed by atoms with Crippen LogP contribution in [0.25, 0.3) is 44.4 Å². The number of benzene rings is 3. The van der Waals surface area contributed by atoms with E-state index in [1.807, 2.05) is 6.07 Å². The van der Waals surface area contributed by atoms with E-state index in [1.54, 1.807) is 66.9 Å². The first kappa shape index (κ1) is 28.7. The van der Waals surface area contributed by atoms with Gasteiger partial charge in [-0.3, -0.25) is 0 Å². The number of phenolic OH excluding ortho intramolecular Hbond substituents is 1. The van der Waals surface area contributed by atoms with E-state index >= 15 is 0 Å². The first-order chi connectivity index (χ1) is 21.1. The maximum absolute atomic E-state index is 14.9. The van der Waals surface area contributed by atoms with Crippen molar-refractivity contribution in [3.8, 4) is 45.3 Å². The topological polar surface area (TPSA) is 109 Å². The second-order valence-electron chi connectivity index (χ2n) is 9.87. The molecule has 44 heavy (non-hydrogen) atoms. The number of aryl methyl sites for hydroxylation is 1. The standard InChI is InChI=1S/C34H21FN2O5S2/c1-20-6-12-26(13-7-20)44(40,41)37-32(24-5-3-4-23(16-24)21-8-10-22(11-9-21)34(39)42-2)31(27-14-15-43-30(27)19-36)28-17-25(35)18-29(38)33(28)37/h3-6,8-12,14-18,38H,1-2H3. The number of thiophene rings is 1. The number of nitrogens with zero attached hydrogens (tertiary/aromatic N) is 2. The molecule has 0 aliphatic carbocycles. The van der Waals surface area contributed by atoms with Crippen molar-refractivity contribution in [2.45, 2.75) is 11.8 Å². The Morgan fingerprint density at radius 3 is 2.43 bits per heavy atom. The monoisotopic (exact) mass is 620 g/mol. The molecular weight excluding hydrogens is 600 g/mol. The van der Waals surface area contributed by atoms with Gasteiger partial charge in [-0.1, -0.05) is 36.4 Å². The van der Waals surface area contributed by atoms with E-state index in [1.165, 1.54) is 13.2 Å². The zero-order valence-electron chi connectivity index (χ0n) is 23.3. The molecule has 6 rings (SSSR count). The van der Waals surface area contributed by atoms with Crippen molar-refractivity contribution in [1.82, 2.24) is 3.97 Å². The summed E-state index contributed by atoms with van der Waals surface area (Å²) in [6.45, 7) is 1.75. The van der Waals surface area contributed by atoms with Crippen LogP contribution in [0.5, 0.6) is 5.75 Å². The number of ether oxygens (including phenoxy) is 1. The smallest absolute Gasteiger partial charge is 0.337 e. The highest BCUT2D eigenvalue weighted by Crippen LogP contribution is 2.47. The number of fused-ring (bicyclic) bond motifs is 1. The summed E-state index contributed by atoms with van der Waals surface area (Å²) in [5.41, 5.74) is 3.52. The second-order valence-corrected chi connectivity index (χ2v) is 12.5. The van der Waals surface area contributed by atoms with Gasteiger partial charge in [0.25, 0.3) is 10.0 Å². The number of methoxy groups -OCH3 is 1. The van der Waals surface area contributed by atoms with E-state index in [4.69, 9.17) is 4.74 Å². The molecule has 0 bridgehead atoms. The molecule has 0 aliphatic heterocycles. The molecule has 0 fully saturated rings. The van der Waals surface area contributed by atoms with E-state index in [2.05, 4.69) is 18.2 Å². The lowest BCUT2D eigenvalue weighted by molar-refractivity contribution is 0.0600. The van der Waals surface area contributed by atoms with Crippen molar-refractivity contribution in [2.24, 2.45) is 0 Å². The summed E-state index contributed by atoms with van der Waals surface area (Å²) < 4.78 is 49.5. The Labute approximate surface area is 256 Å². The third-order valence-electron chi connectivity index (χ3n) is 7.16. The predicted octanol–water partition coefficient (Wildman–Crippen LogP) is 7.35. The van der Waals surface area contributed by atoms with Gasteiger partial charge < -0.3 is 9.84 Å². The highest BCUT2D eigenvalue weighted by atomic mass is 32.2. The van der Waals surface area contributed by atoms with E-state index in [-0.39, 0.29) is 31.9 Å². The number of hydrogen-bond acceptors (Lipinski definition) is 7. The maximum Gasteiger partial charge on any atom is 0.337 e. The number of esters is 1. The van der Waals surface area contributed by atoms with Gasteiger partial charge in [0.15, 0.2) is 0 Å². The minimum Gasteiger partial charge on any atom is -0.506 e. The van der Waals surface area contributed by atoms with Crippen LogP contribution >= 0.6 is 11.3 Å². The molecule has 6 aromatic rings. The van der Waals surface area contributed by atoms with Crippen LogP contribution in [-0.2, 0) is 14.8 Å². The molecule has 0 saturated heterocycles. The summed E-state index contributed by atoms with van der Waals surface area (Å²) in [7, 11) is -3.17. The van der Waals surface area contributed by atoms with Gasteiger partial charge in [0.2, 0.25) is 0 Å². The van der Waals surface area contributed by atoms with Crippen LogP contribution in [0.2, 0.25) is 0 Å². The molecule has 0 aliphatic rings. The fourth-order valence-electron chi connectivity index (χ4n) is 5.15. The summed E-state index contributed by atoms with van der Waals surface area (Å²) in [5.74, 6) is -1.85. The number of aromatic hydroxyl groups is 1. The van der Waals surface area contributed by atoms with Gasteiger partial charge in [0, 0.05) is 28.1 Å². The van der Waals surface area contributed by atoms with Crippen molar-refractivity contribution in [3.63, 3.8) is 0 Å². The molecule has 216 valence electrons. The number of carbonyl (C=O) groups excluding carboxylic acids is 1. The van der Waals surface area contributed by atoms with Crippen LogP contribution in [0.15, 0.2) is 89.1 Å². The average Bonchev–Trinajstić information content (AvgIpc) is 3.63. The summed E-state index contributed by atoms with van der Waals surface area (Å²) in [6.07, 6.45) is 0. The second kappa shape index (κ2) is 11.0. The van der Waals surface area contributed by atoms with Crippen molar-refractivity contribution in [3.05, 3.63) is 118 Å². The van der Waals surface area contributed by atoms with E-state index < -0.39 is 27.6 Å². The Balaban J connectivity index is 1.71. The largest absolute Gasteiger partial charge is 0.506 e. The van der Waals surface area contributed by atoms with Gasteiger partial charge in [-0.05, 0) is 77.5 Å². The fourth-order valence-corrected chi connectivity index (χ4v) is 7.33. The number of rotatable bonds is 6. The Bertz CT molecular complexity index is 2230. The van der Waals surface area contributed by atoms with E-state index in [9.17, 15) is 28.0 Å². The zero-order chi connectivity index (χ0) is 31.2. The van der Waals surface area contributed by atoms with Gasteiger partial charge in [0.05, 0.1) is 18.4 Å². The SMILES string of the molecule is COC(=O)c1ccc(-c2cccc(-c3c(-c4ccsc4C#N)c4cc(F)cc(O)c4n3S(=O)(=O)c3c#cc(C)cc3)c2)cc1. The van der Waals surface area contributed by atoms with E-state index in [0.29, 0.717) is 27.8 Å². The zero-order valence-corrected chi connectivity index (χ0v) is 24.9. The van der Waals surface area contributed by atoms with Gasteiger partial charge in [-0.15, -0.1) is 11.3 Å². The maximum atomic E-state index is 14.9. The quantitative estimate of drug-likeness (QED) is 0.195. The highest BCUT2D eigenvalue weighted by Gasteiger charge is 2.32. The summed E-state index contributed by atoms with van der Waals surface area (Å²) in [5, 5.41) is 22.8. The Hall–Kier alpha value is -5.42. The van der Waals surface area contributed by atoms with Crippen LogP contribution in [0.3, 0.4) is 0 Å². The van der Waals surface area contributed by atoms with Gasteiger partial charge in [-0.25, -0.2) is 13.2 Å². The third kappa shape index (κ3) is 4.77. The van der Waals surface area contributed by atoms with E-state index in [0.717, 1.165) is 33.0 Å². The summed E-state index contributed by atoms with van der Waals surface area (Å²) >= 11 is 1.16. The molecule has 7 nitrogen and oxygen atoms in total. The molecule has 0 saturated carbocycles. The number of halogens is 1. The third-order valence-corrected chi connectivity index (χ3v) is 9.62. The van der Waals surface area contributed by atoms with Crippen LogP contribution in [-0.4, -0.2) is 30.6 Å². The summed E-state index contributed by atoms with van der Waals surface area (Å²) in [4.78, 5) is 12.0. The minimum absolute atomic E-state index is 0.111. The highest BCUT2D eigenvalue weighted by molar-refractivity contribution is 7.90. The number of phenols is 1. The van der Waals surface area contributed by atoms with Crippen molar-refractivity contribution >= 4 is 38.2 Å². The van der Waals surface area contributed by atoms with Gasteiger partial charge in [-0.2, -0.15) is 13.7 Å². The molecule has 2 aromatic heterocycles. The lowest BCUT2D eigenvalue weighted by Gasteiger charge is -2.14. The number of hydrogen-bond donors (Lipinski definition) is 1. The summed E-state index contributed by atoms with van der Waals surface area (Å²) in [6, 6.07) is 28.0. The van der Waals surface area contributed by atoms with Crippen molar-refractivity contribution < 1.29 is 27.4 Å². The molecule has 0 unspecified atom stereocenters. The number of carbonyl (C=O) groups is 1. The average molecular weight is 621 g/mol. The molecule has 1 N–H and O–H groups in total. The molecule has 10 heteroatoms. The van der Waals surface area contributed by atoms with Crippen LogP contribution in [0.1, 0.15) is 20.8 Å². The predicted molar refractivity (Wildman–Crippen MR) is 165 cm³/mol. The van der Waals surface area contributed by atoms with Crippen LogP contribution < -0.4 is 0 Å². The van der Waals surface area contributed by atoms with Crippen LogP contribution in [0.4, 0.5) is 4.39 Å². The molecule has 2 heterocycles. The molecular formula is C34H21FN2O5S2. The lowest BCUT2D eigenvalue weighted by Crippen LogP contribution is -2.14. The molecule has 0 atom stereocenters. The number of aromatic nitrogens is 1. The fraction of sp³-hybridized carbons (Fsp3) is 0.0588. The Morgan fingerprint density at radius 1 is 1.00 bits per heavy atom. The van der Waals surface area contributed by atoms with Crippen molar-refractivity contribution in [1.29, 1.82) is 5.26 Å². The molecule has 0 spiro atoms. The first-order valence-corrected chi connectivity index (χ1v) is 15.5. The molecule has 4 aromatic carbocycles. The molecule has 0 amide bonds. The molecule has 0 radical (unpaired) electrons. The Kier molecular flexibility index (Phi) is 7.18. The van der Waals surface area contributed by atoms with Gasteiger partial charge in [0.1, 0.15) is 32.9 Å². The minimum atomic E-state index is -4.47.